The van der Waals surface area contributed by atoms with Crippen LogP contribution in [0.1, 0.15) is 29.3 Å². The molecule has 1 aromatic rings. The summed E-state index contributed by atoms with van der Waals surface area (Å²) in [5.41, 5.74) is 2.28. The van der Waals surface area contributed by atoms with Crippen molar-refractivity contribution in [3.63, 3.8) is 0 Å². The van der Waals surface area contributed by atoms with Crippen LogP contribution in [0.25, 0.3) is 0 Å². The second-order valence-corrected chi connectivity index (χ2v) is 5.07. The van der Waals surface area contributed by atoms with Gasteiger partial charge in [0.2, 0.25) is 0 Å². The lowest BCUT2D eigenvalue weighted by Gasteiger charge is -2.28. The second kappa shape index (κ2) is 7.14. The summed E-state index contributed by atoms with van der Waals surface area (Å²) in [5.74, 6) is -0.857. The van der Waals surface area contributed by atoms with E-state index in [0.717, 1.165) is 37.3 Å². The normalized spacial score (nSPS) is 10.8. The van der Waals surface area contributed by atoms with Crippen molar-refractivity contribution in [3.8, 4) is 0 Å². The Bertz CT molecular complexity index is 430. The summed E-state index contributed by atoms with van der Waals surface area (Å²) in [6.45, 7) is 6.71. The quantitative estimate of drug-likeness (QED) is 0.821. The van der Waals surface area contributed by atoms with E-state index in [0.29, 0.717) is 5.56 Å². The predicted octanol–water partition coefficient (Wildman–Crippen LogP) is 2.47. The van der Waals surface area contributed by atoms with Crippen LogP contribution in [0.3, 0.4) is 0 Å². The monoisotopic (exact) mass is 264 g/mol. The van der Waals surface area contributed by atoms with Gasteiger partial charge in [-0.3, -0.25) is 0 Å². The molecule has 0 saturated carbocycles. The SMILES string of the molecule is CCCN(CCN(C)C)c1c(C)cccc1C(=O)O. The molecule has 0 aliphatic carbocycles. The highest BCUT2D eigenvalue weighted by molar-refractivity contribution is 5.95. The number of hydrogen-bond acceptors (Lipinski definition) is 3. The van der Waals surface area contributed by atoms with Crippen molar-refractivity contribution in [2.75, 3.05) is 38.6 Å². The predicted molar refractivity (Wildman–Crippen MR) is 79.2 cm³/mol. The van der Waals surface area contributed by atoms with E-state index in [1.165, 1.54) is 0 Å². The minimum absolute atomic E-state index is 0.396. The largest absolute Gasteiger partial charge is 0.478 e. The van der Waals surface area contributed by atoms with Gasteiger partial charge in [0.25, 0.3) is 0 Å². The van der Waals surface area contributed by atoms with E-state index in [1.807, 2.05) is 27.1 Å². The molecular weight excluding hydrogens is 240 g/mol. The molecule has 0 aliphatic rings. The van der Waals surface area contributed by atoms with E-state index in [9.17, 15) is 9.90 Å². The number of carboxylic acid groups (broad SMARTS) is 1. The first-order valence-corrected chi connectivity index (χ1v) is 6.70. The summed E-state index contributed by atoms with van der Waals surface area (Å²) in [6, 6.07) is 5.46. The third-order valence-electron chi connectivity index (χ3n) is 3.10. The minimum Gasteiger partial charge on any atom is -0.478 e. The van der Waals surface area contributed by atoms with Crippen molar-refractivity contribution in [1.29, 1.82) is 0 Å². The molecule has 0 radical (unpaired) electrons. The van der Waals surface area contributed by atoms with Gasteiger partial charge in [0, 0.05) is 19.6 Å². The smallest absolute Gasteiger partial charge is 0.337 e. The van der Waals surface area contributed by atoms with Gasteiger partial charge in [0.1, 0.15) is 0 Å². The molecule has 4 heteroatoms. The van der Waals surface area contributed by atoms with E-state index in [-0.39, 0.29) is 0 Å². The standard InChI is InChI=1S/C15H24N2O2/c1-5-9-17(11-10-16(3)4)14-12(2)7-6-8-13(14)15(18)19/h6-8H,5,9-11H2,1-4H3,(H,18,19). The molecular formula is C15H24N2O2. The number of anilines is 1. The molecule has 0 atom stereocenters. The Labute approximate surface area is 115 Å². The number of para-hydroxylation sites is 1. The summed E-state index contributed by atoms with van der Waals surface area (Å²) in [7, 11) is 4.06. The molecule has 0 unspecified atom stereocenters. The van der Waals surface area contributed by atoms with Gasteiger partial charge in [0.15, 0.2) is 0 Å². The number of aryl methyl sites for hydroxylation is 1. The highest BCUT2D eigenvalue weighted by atomic mass is 16.4. The first kappa shape index (κ1) is 15.5. The zero-order valence-corrected chi connectivity index (χ0v) is 12.3. The molecule has 1 aromatic carbocycles. The van der Waals surface area contributed by atoms with Crippen molar-refractivity contribution in [2.45, 2.75) is 20.3 Å². The summed E-state index contributed by atoms with van der Waals surface area (Å²) >= 11 is 0. The molecule has 19 heavy (non-hydrogen) atoms. The van der Waals surface area contributed by atoms with Crippen LogP contribution >= 0.6 is 0 Å². The van der Waals surface area contributed by atoms with Gasteiger partial charge in [-0.2, -0.15) is 0 Å². The maximum atomic E-state index is 11.4. The number of likely N-dealkylation sites (N-methyl/N-ethyl adjacent to an activating group) is 1. The Kier molecular flexibility index (Phi) is 5.83. The third-order valence-corrected chi connectivity index (χ3v) is 3.10. The van der Waals surface area contributed by atoms with Crippen molar-refractivity contribution in [3.05, 3.63) is 29.3 Å². The molecule has 0 spiro atoms. The van der Waals surface area contributed by atoms with E-state index in [4.69, 9.17) is 0 Å². The third kappa shape index (κ3) is 4.24. The number of nitrogens with zero attached hydrogens (tertiary/aromatic N) is 2. The summed E-state index contributed by atoms with van der Waals surface area (Å²) in [4.78, 5) is 15.7. The molecule has 0 aromatic heterocycles. The fourth-order valence-electron chi connectivity index (χ4n) is 2.18. The zero-order chi connectivity index (χ0) is 14.4. The Balaban J connectivity index is 3.09. The molecule has 1 N–H and O–H groups in total. The minimum atomic E-state index is -0.857. The van der Waals surface area contributed by atoms with Crippen LogP contribution in [0.15, 0.2) is 18.2 Å². The van der Waals surface area contributed by atoms with E-state index in [2.05, 4.69) is 16.7 Å². The Morgan fingerprint density at radius 1 is 1.21 bits per heavy atom. The number of aromatic carboxylic acids is 1. The second-order valence-electron chi connectivity index (χ2n) is 5.07. The molecule has 1 rings (SSSR count). The van der Waals surface area contributed by atoms with Gasteiger partial charge in [-0.15, -0.1) is 0 Å². The Morgan fingerprint density at radius 2 is 1.89 bits per heavy atom. The Hall–Kier alpha value is -1.55. The first-order chi connectivity index (χ1) is 8.97. The first-order valence-electron chi connectivity index (χ1n) is 6.70. The van der Waals surface area contributed by atoms with Crippen LogP contribution in [-0.2, 0) is 0 Å². The van der Waals surface area contributed by atoms with Crippen LogP contribution in [0.5, 0.6) is 0 Å². The highest BCUT2D eigenvalue weighted by Crippen LogP contribution is 2.25. The molecule has 0 saturated heterocycles. The van der Waals surface area contributed by atoms with E-state index >= 15 is 0 Å². The average Bonchev–Trinajstić information content (AvgIpc) is 2.34. The maximum absolute atomic E-state index is 11.4. The van der Waals surface area contributed by atoms with Gasteiger partial charge < -0.3 is 14.9 Å². The van der Waals surface area contributed by atoms with E-state index < -0.39 is 5.97 Å². The maximum Gasteiger partial charge on any atom is 0.337 e. The number of rotatable bonds is 7. The molecule has 106 valence electrons. The number of benzene rings is 1. The molecule has 0 aliphatic heterocycles. The lowest BCUT2D eigenvalue weighted by atomic mass is 10.1. The zero-order valence-electron chi connectivity index (χ0n) is 12.3. The van der Waals surface area contributed by atoms with Crippen LogP contribution in [0.4, 0.5) is 5.69 Å². The van der Waals surface area contributed by atoms with Gasteiger partial charge in [-0.25, -0.2) is 4.79 Å². The lowest BCUT2D eigenvalue weighted by molar-refractivity contribution is 0.0697. The molecule has 0 bridgehead atoms. The number of hydrogen-bond donors (Lipinski definition) is 1. The van der Waals surface area contributed by atoms with Gasteiger partial charge in [0.05, 0.1) is 11.3 Å². The van der Waals surface area contributed by atoms with E-state index in [1.54, 1.807) is 12.1 Å². The average molecular weight is 264 g/mol. The fourth-order valence-corrected chi connectivity index (χ4v) is 2.18. The van der Waals surface area contributed by atoms with Crippen LogP contribution in [-0.4, -0.2) is 49.7 Å². The fraction of sp³-hybridized carbons (Fsp3) is 0.533. The molecule has 0 amide bonds. The number of carbonyl (C=O) groups is 1. The lowest BCUT2D eigenvalue weighted by Crippen LogP contribution is -2.33. The summed E-state index contributed by atoms with van der Waals surface area (Å²) in [6.07, 6.45) is 1.00. The van der Waals surface area contributed by atoms with Crippen molar-refractivity contribution in [2.24, 2.45) is 0 Å². The van der Waals surface area contributed by atoms with Gasteiger partial charge in [-0.1, -0.05) is 19.1 Å². The summed E-state index contributed by atoms with van der Waals surface area (Å²) < 4.78 is 0. The van der Waals surface area contributed by atoms with Crippen LogP contribution in [0.2, 0.25) is 0 Å². The highest BCUT2D eigenvalue weighted by Gasteiger charge is 2.17. The van der Waals surface area contributed by atoms with Gasteiger partial charge in [-0.05, 0) is 39.1 Å². The molecule has 4 nitrogen and oxygen atoms in total. The molecule has 0 fully saturated rings. The Morgan fingerprint density at radius 3 is 2.42 bits per heavy atom. The van der Waals surface area contributed by atoms with Crippen LogP contribution < -0.4 is 4.90 Å². The van der Waals surface area contributed by atoms with Crippen molar-refractivity contribution in [1.82, 2.24) is 4.90 Å². The van der Waals surface area contributed by atoms with Crippen molar-refractivity contribution >= 4 is 11.7 Å². The van der Waals surface area contributed by atoms with Crippen molar-refractivity contribution < 1.29 is 9.90 Å². The number of carboxylic acids is 1. The van der Waals surface area contributed by atoms with Gasteiger partial charge >= 0.3 is 5.97 Å². The topological polar surface area (TPSA) is 43.8 Å². The van der Waals surface area contributed by atoms with Crippen LogP contribution in [0, 0.1) is 6.92 Å². The summed E-state index contributed by atoms with van der Waals surface area (Å²) in [5, 5.41) is 9.35. The molecule has 0 heterocycles.